The highest BCUT2D eigenvalue weighted by atomic mass is 16.5. The number of aromatic nitrogens is 2. The molecule has 8 nitrogen and oxygen atoms in total. The molecule has 138 valence electrons. The van der Waals surface area contributed by atoms with Gasteiger partial charge in [0.1, 0.15) is 0 Å². The summed E-state index contributed by atoms with van der Waals surface area (Å²) in [6.07, 6.45) is 6.44. The summed E-state index contributed by atoms with van der Waals surface area (Å²) in [5.41, 5.74) is 1.98. The number of methoxy groups -OCH3 is 1. The van der Waals surface area contributed by atoms with Crippen molar-refractivity contribution in [1.29, 1.82) is 0 Å². The van der Waals surface area contributed by atoms with Crippen LogP contribution in [0.25, 0.3) is 5.69 Å². The molecule has 0 bridgehead atoms. The lowest BCUT2D eigenvalue weighted by Crippen LogP contribution is -2.49. The highest BCUT2D eigenvalue weighted by Crippen LogP contribution is 2.14. The molecular weight excluding hydrogens is 334 g/mol. The Kier molecular flexibility index (Phi) is 5.73. The SMILES string of the molecule is COC(=O)N1CCC(NC(=O)NCc2ccccc2-n2ccnc2)CC1. The number of para-hydroxylation sites is 1. The van der Waals surface area contributed by atoms with Crippen molar-refractivity contribution in [3.05, 3.63) is 48.5 Å². The number of carbonyl (C=O) groups is 2. The largest absolute Gasteiger partial charge is 0.453 e. The first-order valence-corrected chi connectivity index (χ1v) is 8.61. The Morgan fingerprint density at radius 2 is 2.04 bits per heavy atom. The molecule has 2 N–H and O–H groups in total. The molecule has 26 heavy (non-hydrogen) atoms. The molecule has 1 aromatic carbocycles. The summed E-state index contributed by atoms with van der Waals surface area (Å²) in [5, 5.41) is 5.88. The summed E-state index contributed by atoms with van der Waals surface area (Å²) in [7, 11) is 1.38. The molecule has 8 heteroatoms. The van der Waals surface area contributed by atoms with Crippen LogP contribution >= 0.6 is 0 Å². The highest BCUT2D eigenvalue weighted by Gasteiger charge is 2.24. The summed E-state index contributed by atoms with van der Waals surface area (Å²) in [6, 6.07) is 7.71. The van der Waals surface area contributed by atoms with Crippen molar-refractivity contribution in [3.8, 4) is 5.69 Å². The fourth-order valence-corrected chi connectivity index (χ4v) is 3.06. The highest BCUT2D eigenvalue weighted by molar-refractivity contribution is 5.74. The fourth-order valence-electron chi connectivity index (χ4n) is 3.06. The standard InChI is InChI=1S/C18H23N5O3/c1-26-18(25)22-9-6-15(7-10-22)21-17(24)20-12-14-4-2-3-5-16(14)23-11-8-19-13-23/h2-5,8,11,13,15H,6-7,9-10,12H2,1H3,(H2,20,21,24). The lowest BCUT2D eigenvalue weighted by molar-refractivity contribution is 0.110. The first-order chi connectivity index (χ1) is 12.7. The number of carbonyl (C=O) groups excluding carboxylic acids is 2. The molecule has 0 aliphatic carbocycles. The molecule has 1 aromatic heterocycles. The molecule has 2 aromatic rings. The van der Waals surface area contributed by atoms with Crippen LogP contribution in [-0.2, 0) is 11.3 Å². The first kappa shape index (κ1) is 17.8. The third kappa shape index (κ3) is 4.33. The van der Waals surface area contributed by atoms with Gasteiger partial charge in [-0.3, -0.25) is 0 Å². The Balaban J connectivity index is 1.49. The van der Waals surface area contributed by atoms with Gasteiger partial charge in [-0.1, -0.05) is 18.2 Å². The predicted molar refractivity (Wildman–Crippen MR) is 95.9 cm³/mol. The quantitative estimate of drug-likeness (QED) is 0.875. The number of likely N-dealkylation sites (tertiary alicyclic amines) is 1. The summed E-state index contributed by atoms with van der Waals surface area (Å²) in [6.45, 7) is 1.59. The van der Waals surface area contributed by atoms with Crippen LogP contribution in [0.15, 0.2) is 43.0 Å². The van der Waals surface area contributed by atoms with Crippen molar-refractivity contribution >= 4 is 12.1 Å². The van der Waals surface area contributed by atoms with E-state index in [0.717, 1.165) is 11.3 Å². The maximum Gasteiger partial charge on any atom is 0.409 e. The van der Waals surface area contributed by atoms with E-state index in [2.05, 4.69) is 15.6 Å². The van der Waals surface area contributed by atoms with Gasteiger partial charge in [0.05, 0.1) is 19.1 Å². The Bertz CT molecular complexity index is 739. The molecule has 1 aliphatic heterocycles. The zero-order valence-electron chi connectivity index (χ0n) is 14.7. The van der Waals surface area contributed by atoms with Crippen molar-refractivity contribution in [2.45, 2.75) is 25.4 Å². The summed E-state index contributed by atoms with van der Waals surface area (Å²) in [4.78, 5) is 29.4. The van der Waals surface area contributed by atoms with E-state index < -0.39 is 0 Å². The van der Waals surface area contributed by atoms with Crippen molar-refractivity contribution in [3.63, 3.8) is 0 Å². The minimum atomic E-state index is -0.316. The maximum absolute atomic E-state index is 12.2. The van der Waals surface area contributed by atoms with E-state index in [0.29, 0.717) is 32.5 Å². The number of nitrogens with one attached hydrogen (secondary N) is 2. The smallest absolute Gasteiger partial charge is 0.409 e. The Hall–Kier alpha value is -3.03. The fraction of sp³-hybridized carbons (Fsp3) is 0.389. The number of piperidine rings is 1. The second-order valence-corrected chi connectivity index (χ2v) is 6.16. The van der Waals surface area contributed by atoms with Crippen LogP contribution in [0, 0.1) is 0 Å². The van der Waals surface area contributed by atoms with Crippen LogP contribution < -0.4 is 10.6 Å². The third-order valence-electron chi connectivity index (χ3n) is 4.48. The van der Waals surface area contributed by atoms with Gasteiger partial charge in [-0.2, -0.15) is 0 Å². The molecule has 0 spiro atoms. The topological polar surface area (TPSA) is 88.5 Å². The van der Waals surface area contributed by atoms with E-state index in [9.17, 15) is 9.59 Å². The number of benzene rings is 1. The second kappa shape index (κ2) is 8.37. The molecule has 3 amide bonds. The zero-order valence-corrected chi connectivity index (χ0v) is 14.7. The third-order valence-corrected chi connectivity index (χ3v) is 4.48. The number of nitrogens with zero attached hydrogens (tertiary/aromatic N) is 3. The van der Waals surface area contributed by atoms with Crippen LogP contribution in [0.2, 0.25) is 0 Å². The van der Waals surface area contributed by atoms with Crippen molar-refractivity contribution < 1.29 is 14.3 Å². The number of hydrogen-bond acceptors (Lipinski definition) is 4. The van der Waals surface area contributed by atoms with Crippen molar-refractivity contribution in [2.75, 3.05) is 20.2 Å². The van der Waals surface area contributed by atoms with E-state index in [4.69, 9.17) is 4.74 Å². The number of urea groups is 1. The van der Waals surface area contributed by atoms with Crippen LogP contribution in [0.1, 0.15) is 18.4 Å². The van der Waals surface area contributed by atoms with Gasteiger partial charge >= 0.3 is 12.1 Å². The Morgan fingerprint density at radius 1 is 1.27 bits per heavy atom. The molecule has 3 rings (SSSR count). The van der Waals surface area contributed by atoms with Gasteiger partial charge in [0.2, 0.25) is 0 Å². The van der Waals surface area contributed by atoms with Crippen LogP contribution in [0.5, 0.6) is 0 Å². The number of hydrogen-bond donors (Lipinski definition) is 2. The number of ether oxygens (including phenoxy) is 1. The van der Waals surface area contributed by atoms with Gasteiger partial charge in [-0.15, -0.1) is 0 Å². The van der Waals surface area contributed by atoms with E-state index in [1.165, 1.54) is 7.11 Å². The van der Waals surface area contributed by atoms with Gasteiger partial charge in [-0.25, -0.2) is 14.6 Å². The van der Waals surface area contributed by atoms with E-state index >= 15 is 0 Å². The number of amides is 3. The number of imidazole rings is 1. The van der Waals surface area contributed by atoms with Crippen LogP contribution in [0.3, 0.4) is 0 Å². The minimum Gasteiger partial charge on any atom is -0.453 e. The summed E-state index contributed by atoms with van der Waals surface area (Å²) in [5.74, 6) is 0. The van der Waals surface area contributed by atoms with Crippen molar-refractivity contribution in [2.24, 2.45) is 0 Å². The lowest BCUT2D eigenvalue weighted by atomic mass is 10.1. The molecule has 0 unspecified atom stereocenters. The second-order valence-electron chi connectivity index (χ2n) is 6.16. The van der Waals surface area contributed by atoms with Gasteiger partial charge in [0.25, 0.3) is 0 Å². The van der Waals surface area contributed by atoms with Gasteiger partial charge < -0.3 is 24.8 Å². The number of rotatable bonds is 4. The summed E-state index contributed by atoms with van der Waals surface area (Å²) < 4.78 is 6.63. The molecule has 1 fully saturated rings. The van der Waals surface area contributed by atoms with Crippen molar-refractivity contribution in [1.82, 2.24) is 25.1 Å². The molecule has 2 heterocycles. The normalized spacial score (nSPS) is 14.7. The first-order valence-electron chi connectivity index (χ1n) is 8.61. The maximum atomic E-state index is 12.2. The molecule has 0 atom stereocenters. The van der Waals surface area contributed by atoms with Crippen LogP contribution in [-0.4, -0.2) is 52.8 Å². The molecule has 0 saturated carbocycles. The van der Waals surface area contributed by atoms with Crippen LogP contribution in [0.4, 0.5) is 9.59 Å². The lowest BCUT2D eigenvalue weighted by Gasteiger charge is -2.31. The average molecular weight is 357 g/mol. The average Bonchev–Trinajstić information content (AvgIpc) is 3.21. The molecule has 0 radical (unpaired) electrons. The van der Waals surface area contributed by atoms with Gasteiger partial charge in [0.15, 0.2) is 0 Å². The summed E-state index contributed by atoms with van der Waals surface area (Å²) >= 11 is 0. The zero-order chi connectivity index (χ0) is 18.4. The minimum absolute atomic E-state index is 0.0554. The van der Waals surface area contributed by atoms with E-state index in [-0.39, 0.29) is 18.2 Å². The van der Waals surface area contributed by atoms with Gasteiger partial charge in [-0.05, 0) is 24.5 Å². The Morgan fingerprint density at radius 3 is 2.73 bits per heavy atom. The molecular formula is C18H23N5O3. The Labute approximate surface area is 152 Å². The molecule has 1 saturated heterocycles. The predicted octanol–water partition coefficient (Wildman–Crippen LogP) is 1.90. The monoisotopic (exact) mass is 357 g/mol. The molecule has 1 aliphatic rings. The van der Waals surface area contributed by atoms with E-state index in [1.54, 1.807) is 17.4 Å². The van der Waals surface area contributed by atoms with E-state index in [1.807, 2.05) is 35.0 Å². The van der Waals surface area contributed by atoms with Gasteiger partial charge in [0, 0.05) is 38.1 Å².